The van der Waals surface area contributed by atoms with E-state index < -0.39 is 11.8 Å². The van der Waals surface area contributed by atoms with Gasteiger partial charge in [-0.2, -0.15) is 0 Å². The average Bonchev–Trinajstić information content (AvgIpc) is 2.44. The number of hydrogen-bond acceptors (Lipinski definition) is 3. The van der Waals surface area contributed by atoms with Crippen molar-refractivity contribution >= 4 is 33.7 Å². The average molecular weight is 357 g/mol. The maximum absolute atomic E-state index is 14.2. The second kappa shape index (κ2) is 6.28. The normalized spacial score (nSPS) is 10.3. The molecule has 0 radical (unpaired) electrons. The van der Waals surface area contributed by atoms with E-state index >= 15 is 0 Å². The highest BCUT2D eigenvalue weighted by Gasteiger charge is 2.17. The lowest BCUT2D eigenvalue weighted by atomic mass is 10.2. The molecule has 2 aromatic rings. The van der Waals surface area contributed by atoms with E-state index in [0.29, 0.717) is 10.6 Å². The van der Waals surface area contributed by atoms with Crippen LogP contribution in [0.25, 0.3) is 0 Å². The van der Waals surface area contributed by atoms with Crippen LogP contribution < -0.4 is 4.74 Å². The van der Waals surface area contributed by atoms with Gasteiger partial charge >= 0.3 is 5.97 Å². The number of hydrogen-bond donors (Lipinski definition) is 1. The second-order valence-corrected chi connectivity index (χ2v) is 5.67. The molecule has 6 heteroatoms. The summed E-state index contributed by atoms with van der Waals surface area (Å²) in [4.78, 5) is 12.0. The first-order valence-electron chi connectivity index (χ1n) is 5.56. The number of carboxylic acid groups (broad SMARTS) is 1. The Bertz CT molecular complexity index is 661. The van der Waals surface area contributed by atoms with Gasteiger partial charge in [0.15, 0.2) is 5.82 Å². The molecule has 0 aliphatic heterocycles. The van der Waals surface area contributed by atoms with Crippen LogP contribution in [0, 0.1) is 5.82 Å². The molecular weight excluding hydrogens is 347 g/mol. The minimum absolute atomic E-state index is 0.0510. The summed E-state index contributed by atoms with van der Waals surface area (Å²) in [5.74, 6) is -1.14. The Kier molecular flexibility index (Phi) is 4.67. The van der Waals surface area contributed by atoms with Gasteiger partial charge in [0.1, 0.15) is 5.75 Å². The number of benzene rings is 2. The number of ether oxygens (including phenoxy) is 1. The van der Waals surface area contributed by atoms with E-state index in [0.717, 1.165) is 4.90 Å². The zero-order chi connectivity index (χ0) is 14.7. The van der Waals surface area contributed by atoms with Gasteiger partial charge in [0.25, 0.3) is 0 Å². The first-order valence-corrected chi connectivity index (χ1v) is 7.17. The van der Waals surface area contributed by atoms with Crippen LogP contribution in [0.1, 0.15) is 10.4 Å². The molecule has 2 aromatic carbocycles. The van der Waals surface area contributed by atoms with E-state index in [9.17, 15) is 9.18 Å². The molecule has 2 rings (SSSR count). The molecule has 0 heterocycles. The molecule has 0 spiro atoms. The van der Waals surface area contributed by atoms with Crippen molar-refractivity contribution < 1.29 is 19.0 Å². The molecule has 0 saturated carbocycles. The van der Waals surface area contributed by atoms with E-state index in [-0.39, 0.29) is 10.0 Å². The van der Waals surface area contributed by atoms with E-state index in [1.54, 1.807) is 13.2 Å². The van der Waals surface area contributed by atoms with Gasteiger partial charge in [-0.25, -0.2) is 9.18 Å². The van der Waals surface area contributed by atoms with E-state index in [4.69, 9.17) is 9.84 Å². The van der Waals surface area contributed by atoms with Crippen LogP contribution >= 0.6 is 27.7 Å². The van der Waals surface area contributed by atoms with Crippen molar-refractivity contribution in [3.8, 4) is 5.75 Å². The quantitative estimate of drug-likeness (QED) is 0.879. The summed E-state index contributed by atoms with van der Waals surface area (Å²) in [6.45, 7) is 0. The summed E-state index contributed by atoms with van der Waals surface area (Å²) in [6, 6.07) is 10.0. The number of methoxy groups -OCH3 is 1. The third kappa shape index (κ3) is 2.96. The Labute approximate surface area is 127 Å². The van der Waals surface area contributed by atoms with Crippen LogP contribution in [0.15, 0.2) is 50.7 Å². The lowest BCUT2D eigenvalue weighted by Gasteiger charge is -2.10. The summed E-state index contributed by atoms with van der Waals surface area (Å²) in [5, 5.41) is 8.93. The maximum Gasteiger partial charge on any atom is 0.336 e. The lowest BCUT2D eigenvalue weighted by Crippen LogP contribution is -2.00. The van der Waals surface area contributed by atoms with Crippen LogP contribution in [0.3, 0.4) is 0 Å². The molecule has 0 aliphatic rings. The fraction of sp³-hybridized carbons (Fsp3) is 0.0714. The Morgan fingerprint density at radius 3 is 2.60 bits per heavy atom. The molecule has 0 aliphatic carbocycles. The predicted molar refractivity (Wildman–Crippen MR) is 78.2 cm³/mol. The van der Waals surface area contributed by atoms with Crippen molar-refractivity contribution in [2.24, 2.45) is 0 Å². The molecule has 0 atom stereocenters. The lowest BCUT2D eigenvalue weighted by molar-refractivity contribution is 0.0695. The highest BCUT2D eigenvalue weighted by atomic mass is 79.9. The number of para-hydroxylation sites is 1. The molecular formula is C14H10BrFO3S. The summed E-state index contributed by atoms with van der Waals surface area (Å²) in [7, 11) is 1.54. The zero-order valence-corrected chi connectivity index (χ0v) is 12.8. The number of halogens is 2. The van der Waals surface area contributed by atoms with Crippen molar-refractivity contribution in [3.63, 3.8) is 0 Å². The number of aromatic carboxylic acids is 1. The largest absolute Gasteiger partial charge is 0.496 e. The van der Waals surface area contributed by atoms with E-state index in [1.165, 1.54) is 23.9 Å². The first kappa shape index (κ1) is 14.9. The summed E-state index contributed by atoms with van der Waals surface area (Å²) in [5.41, 5.74) is -0.105. The second-order valence-electron chi connectivity index (χ2n) is 3.80. The monoisotopic (exact) mass is 356 g/mol. The van der Waals surface area contributed by atoms with Crippen molar-refractivity contribution in [1.82, 2.24) is 0 Å². The summed E-state index contributed by atoms with van der Waals surface area (Å²) >= 11 is 4.16. The molecule has 0 fully saturated rings. The molecule has 104 valence electrons. The van der Waals surface area contributed by atoms with Crippen LogP contribution in [0.2, 0.25) is 0 Å². The molecule has 0 amide bonds. The van der Waals surface area contributed by atoms with Gasteiger partial charge in [0, 0.05) is 4.90 Å². The Morgan fingerprint density at radius 2 is 1.95 bits per heavy atom. The van der Waals surface area contributed by atoms with Gasteiger partial charge in [-0.05, 0) is 40.2 Å². The first-order chi connectivity index (χ1) is 9.54. The third-order valence-corrected chi connectivity index (χ3v) is 4.43. The molecule has 0 bridgehead atoms. The maximum atomic E-state index is 14.2. The number of rotatable bonds is 4. The van der Waals surface area contributed by atoms with Gasteiger partial charge < -0.3 is 9.84 Å². The molecule has 20 heavy (non-hydrogen) atoms. The summed E-state index contributed by atoms with van der Waals surface area (Å²) in [6.07, 6.45) is 0. The number of carbonyl (C=O) groups is 1. The van der Waals surface area contributed by atoms with Crippen LogP contribution in [-0.2, 0) is 0 Å². The van der Waals surface area contributed by atoms with Gasteiger partial charge in [-0.3, -0.25) is 0 Å². The Morgan fingerprint density at radius 1 is 1.25 bits per heavy atom. The van der Waals surface area contributed by atoms with Gasteiger partial charge in [0.2, 0.25) is 0 Å². The predicted octanol–water partition coefficient (Wildman–Crippen LogP) is 4.45. The van der Waals surface area contributed by atoms with E-state index in [1.807, 2.05) is 18.2 Å². The van der Waals surface area contributed by atoms with E-state index in [2.05, 4.69) is 15.9 Å². The third-order valence-electron chi connectivity index (χ3n) is 2.57. The Hall–Kier alpha value is -1.53. The van der Waals surface area contributed by atoms with Crippen LogP contribution in [0.4, 0.5) is 4.39 Å². The van der Waals surface area contributed by atoms with Crippen molar-refractivity contribution in [2.45, 2.75) is 9.79 Å². The van der Waals surface area contributed by atoms with Gasteiger partial charge in [0.05, 0.1) is 22.0 Å². The molecule has 1 N–H and O–H groups in total. The van der Waals surface area contributed by atoms with Crippen molar-refractivity contribution in [2.75, 3.05) is 7.11 Å². The Balaban J connectivity index is 2.40. The smallest absolute Gasteiger partial charge is 0.336 e. The highest BCUT2D eigenvalue weighted by Crippen LogP contribution is 2.38. The minimum Gasteiger partial charge on any atom is -0.496 e. The highest BCUT2D eigenvalue weighted by molar-refractivity contribution is 9.10. The standard InChI is InChI=1S/C14H10BrFO3S/c1-19-9-4-2-3-5-10(9)20-11-7-6-8(14(17)18)12(15)13(11)16/h2-7H,1H3,(H,17,18). The fourth-order valence-electron chi connectivity index (χ4n) is 1.60. The van der Waals surface area contributed by atoms with Crippen LogP contribution in [0.5, 0.6) is 5.75 Å². The topological polar surface area (TPSA) is 46.5 Å². The molecule has 3 nitrogen and oxygen atoms in total. The summed E-state index contributed by atoms with van der Waals surface area (Å²) < 4.78 is 19.3. The van der Waals surface area contributed by atoms with Gasteiger partial charge in [-0.15, -0.1) is 0 Å². The molecule has 0 unspecified atom stereocenters. The number of carboxylic acids is 1. The molecule has 0 saturated heterocycles. The fourth-order valence-corrected chi connectivity index (χ4v) is 3.21. The van der Waals surface area contributed by atoms with Crippen molar-refractivity contribution in [1.29, 1.82) is 0 Å². The van der Waals surface area contributed by atoms with Crippen molar-refractivity contribution in [3.05, 3.63) is 52.3 Å². The van der Waals surface area contributed by atoms with Crippen LogP contribution in [-0.4, -0.2) is 18.2 Å². The zero-order valence-electron chi connectivity index (χ0n) is 10.4. The van der Waals surface area contributed by atoms with Gasteiger partial charge in [-0.1, -0.05) is 23.9 Å². The molecule has 0 aromatic heterocycles. The minimum atomic E-state index is -1.18. The SMILES string of the molecule is COc1ccccc1Sc1ccc(C(=O)O)c(Br)c1F.